The van der Waals surface area contributed by atoms with Crippen LogP contribution >= 0.6 is 11.6 Å². The van der Waals surface area contributed by atoms with Gasteiger partial charge in [0.2, 0.25) is 11.7 Å². The predicted molar refractivity (Wildman–Crippen MR) is 161 cm³/mol. The normalized spacial score (nSPS) is 17.7. The fourth-order valence-corrected chi connectivity index (χ4v) is 5.55. The van der Waals surface area contributed by atoms with Gasteiger partial charge in [-0.15, -0.1) is 0 Å². The minimum absolute atomic E-state index is 0.0482. The lowest BCUT2D eigenvalue weighted by Gasteiger charge is -2.22. The Morgan fingerprint density at radius 3 is 2.16 bits per heavy atom. The number of Topliss-reactive ketones (excluding diaryl/α,β-unsaturated/α-hetero) is 1. The standard InChI is InChI=1S/C32H26ClN5O5/c1-4-43-32(42)27-24(19(3)37(35-27)22-14-10-18(2)11-15-22)29(39)26-25-28(38(34-26)23-16-12-20(33)13-17-23)31(41)36(30(25)40)21-8-6-5-7-9-21/h5-17,25,28H,4H2,1-3H3/t25-,28-/m1/s1. The molecule has 43 heavy (non-hydrogen) atoms. The Balaban J connectivity index is 1.50. The van der Waals surface area contributed by atoms with E-state index >= 15 is 0 Å². The molecule has 0 spiro atoms. The van der Waals surface area contributed by atoms with E-state index in [2.05, 4.69) is 10.2 Å². The number of fused-ring (bicyclic) bond motifs is 1. The third-order valence-electron chi connectivity index (χ3n) is 7.48. The largest absolute Gasteiger partial charge is 0.461 e. The molecule has 0 bridgehead atoms. The van der Waals surface area contributed by atoms with Crippen LogP contribution in [0.15, 0.2) is 84.0 Å². The zero-order chi connectivity index (χ0) is 30.4. The summed E-state index contributed by atoms with van der Waals surface area (Å²) in [6, 6.07) is 21.4. The Kier molecular flexibility index (Phi) is 7.15. The zero-order valence-corrected chi connectivity index (χ0v) is 24.3. The molecule has 10 nitrogen and oxygen atoms in total. The lowest BCUT2D eigenvalue weighted by molar-refractivity contribution is -0.121. The van der Waals surface area contributed by atoms with Gasteiger partial charge in [0.25, 0.3) is 5.91 Å². The fraction of sp³-hybridized carbons (Fsp3) is 0.188. The van der Waals surface area contributed by atoms with E-state index in [1.54, 1.807) is 68.4 Å². The number of aromatic nitrogens is 2. The average Bonchev–Trinajstić information content (AvgIpc) is 3.64. The van der Waals surface area contributed by atoms with E-state index in [4.69, 9.17) is 16.3 Å². The van der Waals surface area contributed by atoms with Crippen molar-refractivity contribution < 1.29 is 23.9 Å². The molecule has 0 N–H and O–H groups in total. The van der Waals surface area contributed by atoms with Crippen LogP contribution in [-0.4, -0.2) is 51.7 Å². The fourth-order valence-electron chi connectivity index (χ4n) is 5.42. The SMILES string of the molecule is CCOC(=O)c1nn(-c2ccc(C)cc2)c(C)c1C(=O)C1=NN(c2ccc(Cl)cc2)[C@H]2C(=O)N(c3ccccc3)C(=O)[C@H]12. The number of benzene rings is 3. The maximum Gasteiger partial charge on any atom is 0.359 e. The number of amides is 2. The van der Waals surface area contributed by atoms with Crippen LogP contribution in [-0.2, 0) is 14.3 Å². The van der Waals surface area contributed by atoms with E-state index in [1.807, 2.05) is 31.2 Å². The number of para-hydroxylation sites is 1. The number of aryl methyl sites for hydroxylation is 1. The highest BCUT2D eigenvalue weighted by molar-refractivity contribution is 6.54. The molecule has 216 valence electrons. The summed E-state index contributed by atoms with van der Waals surface area (Å²) in [6.45, 7) is 5.32. The molecular formula is C32H26ClN5O5. The van der Waals surface area contributed by atoms with E-state index in [9.17, 15) is 19.2 Å². The number of esters is 1. The number of nitrogens with zero attached hydrogens (tertiary/aromatic N) is 5. The van der Waals surface area contributed by atoms with E-state index in [0.717, 1.165) is 10.5 Å². The number of carbonyl (C=O) groups excluding carboxylic acids is 4. The topological polar surface area (TPSA) is 114 Å². The molecule has 4 aromatic rings. The van der Waals surface area contributed by atoms with Gasteiger partial charge in [0.1, 0.15) is 17.7 Å². The van der Waals surface area contributed by atoms with Crippen LogP contribution < -0.4 is 9.91 Å². The van der Waals surface area contributed by atoms with Gasteiger partial charge in [-0.05, 0) is 69.3 Å². The number of rotatable bonds is 7. The number of imide groups is 1. The molecule has 1 saturated heterocycles. The number of hydrazone groups is 1. The Morgan fingerprint density at radius 2 is 1.51 bits per heavy atom. The van der Waals surface area contributed by atoms with Gasteiger partial charge in [-0.25, -0.2) is 14.4 Å². The highest BCUT2D eigenvalue weighted by Gasteiger charge is 2.59. The second kappa shape index (κ2) is 11.0. The smallest absolute Gasteiger partial charge is 0.359 e. The van der Waals surface area contributed by atoms with Crippen LogP contribution in [0.4, 0.5) is 11.4 Å². The van der Waals surface area contributed by atoms with E-state index in [-0.39, 0.29) is 23.6 Å². The summed E-state index contributed by atoms with van der Waals surface area (Å²) in [5, 5.41) is 10.9. The first-order chi connectivity index (χ1) is 20.7. The van der Waals surface area contributed by atoms with Gasteiger partial charge in [-0.2, -0.15) is 10.2 Å². The second-order valence-corrected chi connectivity index (χ2v) is 10.6. The quantitative estimate of drug-likeness (QED) is 0.169. The van der Waals surface area contributed by atoms with Crippen molar-refractivity contribution in [1.29, 1.82) is 0 Å². The third-order valence-corrected chi connectivity index (χ3v) is 7.73. The minimum atomic E-state index is -1.23. The lowest BCUT2D eigenvalue weighted by Crippen LogP contribution is -2.39. The van der Waals surface area contributed by atoms with Crippen molar-refractivity contribution in [2.24, 2.45) is 11.0 Å². The van der Waals surface area contributed by atoms with Gasteiger partial charge < -0.3 is 4.74 Å². The average molecular weight is 596 g/mol. The molecule has 2 amide bonds. The van der Waals surface area contributed by atoms with Crippen molar-refractivity contribution in [3.05, 3.63) is 106 Å². The molecule has 0 unspecified atom stereocenters. The minimum Gasteiger partial charge on any atom is -0.461 e. The Labute approximate surface area is 252 Å². The molecule has 0 aliphatic carbocycles. The van der Waals surface area contributed by atoms with E-state index in [1.165, 1.54) is 9.69 Å². The molecular weight excluding hydrogens is 570 g/mol. The highest BCUT2D eigenvalue weighted by Crippen LogP contribution is 2.39. The summed E-state index contributed by atoms with van der Waals surface area (Å²) in [7, 11) is 0. The van der Waals surface area contributed by atoms with Gasteiger partial charge >= 0.3 is 5.97 Å². The molecule has 3 heterocycles. The number of anilines is 2. The van der Waals surface area contributed by atoms with Crippen molar-refractivity contribution in [3.8, 4) is 5.69 Å². The van der Waals surface area contributed by atoms with Crippen molar-refractivity contribution in [2.45, 2.75) is 26.8 Å². The van der Waals surface area contributed by atoms with Gasteiger partial charge in [0.05, 0.1) is 34.9 Å². The first kappa shape index (κ1) is 28.0. The Bertz CT molecular complexity index is 1800. The van der Waals surface area contributed by atoms with Crippen molar-refractivity contribution in [1.82, 2.24) is 9.78 Å². The lowest BCUT2D eigenvalue weighted by atomic mass is 9.91. The predicted octanol–water partition coefficient (Wildman–Crippen LogP) is 4.94. The van der Waals surface area contributed by atoms with Crippen LogP contribution in [0.2, 0.25) is 5.02 Å². The summed E-state index contributed by atoms with van der Waals surface area (Å²) < 4.78 is 6.73. The van der Waals surface area contributed by atoms with Crippen LogP contribution in [0.25, 0.3) is 5.69 Å². The first-order valence-corrected chi connectivity index (χ1v) is 14.0. The third kappa shape index (κ3) is 4.69. The number of carbonyl (C=O) groups is 4. The van der Waals surface area contributed by atoms with Gasteiger partial charge in [0, 0.05) is 5.02 Å². The van der Waals surface area contributed by atoms with Gasteiger partial charge in [-0.3, -0.25) is 19.4 Å². The highest BCUT2D eigenvalue weighted by atomic mass is 35.5. The summed E-state index contributed by atoms with van der Waals surface area (Å²) in [6.07, 6.45) is 0. The molecule has 1 aromatic heterocycles. The van der Waals surface area contributed by atoms with Gasteiger partial charge in [-0.1, -0.05) is 47.5 Å². The molecule has 2 aliphatic heterocycles. The zero-order valence-electron chi connectivity index (χ0n) is 23.5. The summed E-state index contributed by atoms with van der Waals surface area (Å²) >= 11 is 6.10. The Hall–Kier alpha value is -5.09. The summed E-state index contributed by atoms with van der Waals surface area (Å²) in [5.41, 5.74) is 2.44. The first-order valence-electron chi connectivity index (χ1n) is 13.7. The molecule has 0 saturated carbocycles. The molecule has 0 radical (unpaired) electrons. The number of halogens is 1. The summed E-state index contributed by atoms with van der Waals surface area (Å²) in [4.78, 5) is 56.4. The van der Waals surface area contributed by atoms with Crippen molar-refractivity contribution in [2.75, 3.05) is 16.5 Å². The van der Waals surface area contributed by atoms with Crippen LogP contribution in [0.5, 0.6) is 0 Å². The summed E-state index contributed by atoms with van der Waals surface area (Å²) in [5.74, 6) is -3.83. The van der Waals surface area contributed by atoms with Crippen molar-refractivity contribution in [3.63, 3.8) is 0 Å². The number of ketones is 1. The van der Waals surface area contributed by atoms with Crippen molar-refractivity contribution >= 4 is 52.3 Å². The molecule has 3 aromatic carbocycles. The maximum absolute atomic E-state index is 14.4. The molecule has 2 aliphatic rings. The van der Waals surface area contributed by atoms with Crippen LogP contribution in [0, 0.1) is 19.8 Å². The monoisotopic (exact) mass is 595 g/mol. The van der Waals surface area contributed by atoms with E-state index in [0.29, 0.717) is 27.8 Å². The second-order valence-electron chi connectivity index (χ2n) is 10.2. The van der Waals surface area contributed by atoms with Gasteiger partial charge in [0.15, 0.2) is 5.69 Å². The van der Waals surface area contributed by atoms with E-state index < -0.39 is 35.5 Å². The Morgan fingerprint density at radius 1 is 0.860 bits per heavy atom. The molecule has 11 heteroatoms. The van der Waals surface area contributed by atoms with Crippen LogP contribution in [0.3, 0.4) is 0 Å². The number of ether oxygens (including phenoxy) is 1. The maximum atomic E-state index is 14.4. The molecule has 2 atom stereocenters. The number of hydrogen-bond donors (Lipinski definition) is 0. The molecule has 6 rings (SSSR count). The molecule has 1 fully saturated rings. The van der Waals surface area contributed by atoms with Crippen LogP contribution in [0.1, 0.15) is 39.0 Å². The number of hydrogen-bond acceptors (Lipinski definition) is 8.